The van der Waals surface area contributed by atoms with Crippen LogP contribution in [0.2, 0.25) is 0 Å². The summed E-state index contributed by atoms with van der Waals surface area (Å²) in [5.41, 5.74) is 2.83. The van der Waals surface area contributed by atoms with Crippen molar-refractivity contribution in [3.8, 4) is 0 Å². The molecular weight excluding hydrogens is 222 g/mol. The van der Waals surface area contributed by atoms with Crippen molar-refractivity contribution in [3.05, 3.63) is 43.0 Å². The first-order valence-corrected chi connectivity index (χ1v) is 4.78. The van der Waals surface area contributed by atoms with Crippen molar-refractivity contribution in [1.29, 1.82) is 0 Å². The molecule has 17 heavy (non-hydrogen) atoms. The Morgan fingerprint density at radius 3 is 2.29 bits per heavy atom. The average molecular weight is 231 g/mol. The average Bonchev–Trinajstić information content (AvgIpc) is 2.83. The van der Waals surface area contributed by atoms with Crippen molar-refractivity contribution < 1.29 is 9.59 Å². The molecule has 0 bridgehead atoms. The van der Waals surface area contributed by atoms with E-state index >= 15 is 0 Å². The molecule has 2 rings (SSSR count). The van der Waals surface area contributed by atoms with Crippen LogP contribution in [-0.4, -0.2) is 26.7 Å². The van der Waals surface area contributed by atoms with Crippen molar-refractivity contribution in [2.24, 2.45) is 0 Å². The lowest BCUT2D eigenvalue weighted by Crippen LogP contribution is -2.33. The van der Waals surface area contributed by atoms with Gasteiger partial charge in [-0.25, -0.2) is 4.68 Å². The number of nitrogens with one attached hydrogen (secondary N) is 2. The lowest BCUT2D eigenvalue weighted by atomic mass is 10.3. The molecule has 2 aromatic rings. The van der Waals surface area contributed by atoms with Crippen molar-refractivity contribution in [1.82, 2.24) is 14.9 Å². The highest BCUT2D eigenvalue weighted by atomic mass is 16.2. The molecule has 0 radical (unpaired) electrons. The van der Waals surface area contributed by atoms with Crippen LogP contribution in [0.3, 0.4) is 0 Å². The summed E-state index contributed by atoms with van der Waals surface area (Å²) in [6.45, 7) is 0. The molecule has 0 aliphatic rings. The van der Waals surface area contributed by atoms with Crippen LogP contribution < -0.4 is 10.7 Å². The molecule has 0 saturated heterocycles. The molecule has 1 heterocycles. The van der Waals surface area contributed by atoms with Crippen LogP contribution in [-0.2, 0) is 9.59 Å². The Balaban J connectivity index is 1.94. The standard InChI is InChI=1S/C10H9N5O2/c16-9(13-8-4-2-1-3-5-8)10(17)14-15-6-11-12-7-15/h1-7H,(H,13,16)(H,14,17). The summed E-state index contributed by atoms with van der Waals surface area (Å²) in [5, 5.41) is 9.42. The molecule has 7 heteroatoms. The number of anilines is 1. The molecular formula is C10H9N5O2. The second-order valence-electron chi connectivity index (χ2n) is 3.13. The maximum Gasteiger partial charge on any atom is 0.328 e. The lowest BCUT2D eigenvalue weighted by molar-refractivity contribution is -0.133. The molecule has 0 spiro atoms. The van der Waals surface area contributed by atoms with Gasteiger partial charge >= 0.3 is 11.8 Å². The van der Waals surface area contributed by atoms with Gasteiger partial charge in [-0.05, 0) is 12.1 Å². The van der Waals surface area contributed by atoms with E-state index in [4.69, 9.17) is 0 Å². The van der Waals surface area contributed by atoms with Crippen LogP contribution in [0.4, 0.5) is 5.69 Å². The monoisotopic (exact) mass is 231 g/mol. The Morgan fingerprint density at radius 1 is 1.00 bits per heavy atom. The molecule has 0 atom stereocenters. The fraction of sp³-hybridized carbons (Fsp3) is 0. The van der Waals surface area contributed by atoms with Crippen molar-refractivity contribution in [3.63, 3.8) is 0 Å². The van der Waals surface area contributed by atoms with Crippen LogP contribution in [0.1, 0.15) is 0 Å². The number of para-hydroxylation sites is 1. The Labute approximate surface area is 96.4 Å². The number of benzene rings is 1. The molecule has 0 fully saturated rings. The summed E-state index contributed by atoms with van der Waals surface area (Å²) in [7, 11) is 0. The number of nitrogens with zero attached hydrogens (tertiary/aromatic N) is 3. The van der Waals surface area contributed by atoms with Gasteiger partial charge in [0.25, 0.3) is 0 Å². The summed E-state index contributed by atoms with van der Waals surface area (Å²) in [6, 6.07) is 8.70. The normalized spacial score (nSPS) is 9.65. The third-order valence-electron chi connectivity index (χ3n) is 1.89. The number of carbonyl (C=O) groups excluding carboxylic acids is 2. The summed E-state index contributed by atoms with van der Waals surface area (Å²) in [4.78, 5) is 22.9. The molecule has 7 nitrogen and oxygen atoms in total. The topological polar surface area (TPSA) is 88.9 Å². The van der Waals surface area contributed by atoms with Crippen molar-refractivity contribution >= 4 is 17.5 Å². The van der Waals surface area contributed by atoms with Crippen molar-refractivity contribution in [2.75, 3.05) is 10.7 Å². The zero-order chi connectivity index (χ0) is 12.1. The molecule has 0 unspecified atom stereocenters. The van der Waals surface area contributed by atoms with E-state index in [1.54, 1.807) is 24.3 Å². The fourth-order valence-electron chi connectivity index (χ4n) is 1.14. The van der Waals surface area contributed by atoms with E-state index in [0.29, 0.717) is 5.69 Å². The molecule has 0 aliphatic heterocycles. The highest BCUT2D eigenvalue weighted by molar-refractivity contribution is 6.42. The maximum atomic E-state index is 11.5. The van der Waals surface area contributed by atoms with Gasteiger partial charge in [0.05, 0.1) is 0 Å². The predicted molar refractivity (Wildman–Crippen MR) is 59.5 cm³/mol. The van der Waals surface area contributed by atoms with E-state index in [-0.39, 0.29) is 0 Å². The maximum absolute atomic E-state index is 11.5. The first-order valence-electron chi connectivity index (χ1n) is 4.78. The highest BCUT2D eigenvalue weighted by Crippen LogP contribution is 2.04. The van der Waals surface area contributed by atoms with E-state index in [1.165, 1.54) is 17.3 Å². The van der Waals surface area contributed by atoms with Gasteiger partial charge in [-0.15, -0.1) is 10.2 Å². The Kier molecular flexibility index (Phi) is 3.10. The third-order valence-corrected chi connectivity index (χ3v) is 1.89. The lowest BCUT2D eigenvalue weighted by Gasteiger charge is -2.05. The molecule has 0 saturated carbocycles. The summed E-state index contributed by atoms with van der Waals surface area (Å²) >= 11 is 0. The largest absolute Gasteiger partial charge is 0.328 e. The van der Waals surface area contributed by atoms with E-state index in [2.05, 4.69) is 20.9 Å². The summed E-state index contributed by atoms with van der Waals surface area (Å²) in [5.74, 6) is -1.56. The van der Waals surface area contributed by atoms with Gasteiger partial charge in [0.2, 0.25) is 0 Å². The van der Waals surface area contributed by atoms with Crippen LogP contribution in [0.15, 0.2) is 43.0 Å². The minimum atomic E-state index is -0.798. The third kappa shape index (κ3) is 2.88. The summed E-state index contributed by atoms with van der Waals surface area (Å²) < 4.78 is 1.19. The first-order chi connectivity index (χ1) is 8.25. The van der Waals surface area contributed by atoms with Gasteiger partial charge in [0.1, 0.15) is 12.7 Å². The van der Waals surface area contributed by atoms with Crippen molar-refractivity contribution in [2.45, 2.75) is 0 Å². The Bertz CT molecular complexity index is 509. The number of hydrogen-bond acceptors (Lipinski definition) is 4. The molecule has 2 amide bonds. The molecule has 0 aliphatic carbocycles. The second kappa shape index (κ2) is 4.88. The van der Waals surface area contributed by atoms with Crippen LogP contribution in [0.25, 0.3) is 0 Å². The van der Waals surface area contributed by atoms with Gasteiger partial charge < -0.3 is 5.32 Å². The van der Waals surface area contributed by atoms with Gasteiger partial charge in [-0.1, -0.05) is 18.2 Å². The predicted octanol–water partition coefficient (Wildman–Crippen LogP) is -0.0131. The molecule has 1 aromatic carbocycles. The second-order valence-corrected chi connectivity index (χ2v) is 3.13. The zero-order valence-electron chi connectivity index (χ0n) is 8.70. The number of hydrogen-bond donors (Lipinski definition) is 2. The number of aromatic nitrogens is 3. The van der Waals surface area contributed by atoms with Gasteiger partial charge in [0.15, 0.2) is 0 Å². The quantitative estimate of drug-likeness (QED) is 0.711. The first kappa shape index (κ1) is 10.8. The van der Waals surface area contributed by atoms with Crippen LogP contribution >= 0.6 is 0 Å². The SMILES string of the molecule is O=C(Nc1ccccc1)C(=O)Nn1cnnc1. The fourth-order valence-corrected chi connectivity index (χ4v) is 1.14. The zero-order valence-corrected chi connectivity index (χ0v) is 8.70. The van der Waals surface area contributed by atoms with E-state index in [1.807, 2.05) is 6.07 Å². The molecule has 1 aromatic heterocycles. The van der Waals surface area contributed by atoms with E-state index in [9.17, 15) is 9.59 Å². The van der Waals surface area contributed by atoms with E-state index < -0.39 is 11.8 Å². The Hall–Kier alpha value is -2.70. The Morgan fingerprint density at radius 2 is 1.65 bits per heavy atom. The minimum absolute atomic E-state index is 0.552. The van der Waals surface area contributed by atoms with Gasteiger partial charge in [-0.3, -0.25) is 15.0 Å². The molecule has 86 valence electrons. The van der Waals surface area contributed by atoms with Gasteiger partial charge in [0, 0.05) is 5.69 Å². The number of rotatable bonds is 2. The van der Waals surface area contributed by atoms with Gasteiger partial charge in [-0.2, -0.15) is 0 Å². The smallest absolute Gasteiger partial charge is 0.318 e. The minimum Gasteiger partial charge on any atom is -0.318 e. The highest BCUT2D eigenvalue weighted by Gasteiger charge is 2.13. The van der Waals surface area contributed by atoms with E-state index in [0.717, 1.165) is 0 Å². The molecule has 2 N–H and O–H groups in total. The van der Waals surface area contributed by atoms with Crippen LogP contribution in [0.5, 0.6) is 0 Å². The number of carbonyl (C=O) groups is 2. The summed E-state index contributed by atoms with van der Waals surface area (Å²) in [6.07, 6.45) is 2.54. The van der Waals surface area contributed by atoms with Crippen LogP contribution in [0, 0.1) is 0 Å². The number of amides is 2.